The van der Waals surface area contributed by atoms with Gasteiger partial charge in [-0.2, -0.15) is 4.98 Å². The maximum atomic E-state index is 10.8. The third-order valence-corrected chi connectivity index (χ3v) is 4.57. The smallest absolute Gasteiger partial charge is 0.258 e. The molecule has 1 fully saturated rings. The van der Waals surface area contributed by atoms with Crippen LogP contribution in [0.25, 0.3) is 17.2 Å². The van der Waals surface area contributed by atoms with E-state index in [1.807, 2.05) is 28.8 Å². The lowest BCUT2D eigenvalue weighted by atomic mass is 9.79. The van der Waals surface area contributed by atoms with Gasteiger partial charge < -0.3 is 9.63 Å². The zero-order chi connectivity index (χ0) is 15.2. The Bertz CT molecular complexity index is 799. The fourth-order valence-electron chi connectivity index (χ4n) is 3.07. The Balaban J connectivity index is 1.70. The molecule has 3 aromatic rings. The summed E-state index contributed by atoms with van der Waals surface area (Å²) in [4.78, 5) is 8.76. The molecule has 0 bridgehead atoms. The Morgan fingerprint density at radius 3 is 2.95 bits per heavy atom. The summed E-state index contributed by atoms with van der Waals surface area (Å²) in [5.74, 6) is 1.42. The standard InChI is InChI=1S/C16H18N4O2/c1-11-5-7-16(21,8-6-11)15-18-14(19-22-15)12-10-17-13-4-2-3-9-20(12)13/h2-4,9-11,21H,5-8H2,1H3. The minimum Gasteiger partial charge on any atom is -0.380 e. The Labute approximate surface area is 127 Å². The van der Waals surface area contributed by atoms with Crippen LogP contribution in [0.4, 0.5) is 0 Å². The molecule has 114 valence electrons. The summed E-state index contributed by atoms with van der Waals surface area (Å²) in [5, 5.41) is 14.8. The molecule has 3 heterocycles. The highest BCUT2D eigenvalue weighted by Gasteiger charge is 2.39. The second kappa shape index (κ2) is 4.91. The third kappa shape index (κ3) is 2.11. The average Bonchev–Trinajstić information content (AvgIpc) is 3.17. The van der Waals surface area contributed by atoms with Crippen LogP contribution in [0, 0.1) is 5.92 Å². The van der Waals surface area contributed by atoms with Crippen molar-refractivity contribution in [3.8, 4) is 11.5 Å². The summed E-state index contributed by atoms with van der Waals surface area (Å²) in [6, 6.07) is 5.77. The van der Waals surface area contributed by atoms with Gasteiger partial charge in [-0.3, -0.25) is 4.40 Å². The summed E-state index contributed by atoms with van der Waals surface area (Å²) >= 11 is 0. The highest BCUT2D eigenvalue weighted by atomic mass is 16.5. The molecule has 1 aliphatic carbocycles. The van der Waals surface area contributed by atoms with Crippen molar-refractivity contribution in [1.82, 2.24) is 19.5 Å². The predicted molar refractivity (Wildman–Crippen MR) is 80.0 cm³/mol. The van der Waals surface area contributed by atoms with Crippen LogP contribution >= 0.6 is 0 Å². The molecule has 6 heteroatoms. The molecule has 1 saturated carbocycles. The summed E-state index contributed by atoms with van der Waals surface area (Å²) in [6.45, 7) is 2.21. The van der Waals surface area contributed by atoms with Crippen LogP contribution in [-0.2, 0) is 5.60 Å². The highest BCUT2D eigenvalue weighted by Crippen LogP contribution is 2.39. The van der Waals surface area contributed by atoms with Crippen molar-refractivity contribution in [2.45, 2.75) is 38.2 Å². The predicted octanol–water partition coefficient (Wildman–Crippen LogP) is 2.78. The van der Waals surface area contributed by atoms with Gasteiger partial charge in [-0.15, -0.1) is 0 Å². The van der Waals surface area contributed by atoms with Gasteiger partial charge >= 0.3 is 0 Å². The van der Waals surface area contributed by atoms with Crippen LogP contribution in [0.3, 0.4) is 0 Å². The van der Waals surface area contributed by atoms with Crippen molar-refractivity contribution >= 4 is 5.65 Å². The van der Waals surface area contributed by atoms with Crippen LogP contribution < -0.4 is 0 Å². The van der Waals surface area contributed by atoms with Gasteiger partial charge in [-0.1, -0.05) is 18.1 Å². The zero-order valence-corrected chi connectivity index (χ0v) is 12.4. The maximum Gasteiger partial charge on any atom is 0.258 e. The average molecular weight is 298 g/mol. The molecule has 1 N–H and O–H groups in total. The van der Waals surface area contributed by atoms with Gasteiger partial charge in [0.15, 0.2) is 0 Å². The van der Waals surface area contributed by atoms with Gasteiger partial charge in [0.05, 0.1) is 6.20 Å². The Morgan fingerprint density at radius 2 is 2.14 bits per heavy atom. The van der Waals surface area contributed by atoms with E-state index < -0.39 is 5.60 Å². The van der Waals surface area contributed by atoms with E-state index in [-0.39, 0.29) is 0 Å². The van der Waals surface area contributed by atoms with E-state index in [1.165, 1.54) is 0 Å². The number of aliphatic hydroxyl groups is 1. The van der Waals surface area contributed by atoms with Gasteiger partial charge in [0, 0.05) is 6.20 Å². The lowest BCUT2D eigenvalue weighted by molar-refractivity contribution is -0.0384. The van der Waals surface area contributed by atoms with Crippen LogP contribution in [0.15, 0.2) is 35.1 Å². The van der Waals surface area contributed by atoms with E-state index in [0.29, 0.717) is 30.5 Å². The van der Waals surface area contributed by atoms with Gasteiger partial charge in [0.1, 0.15) is 16.9 Å². The molecule has 6 nitrogen and oxygen atoms in total. The molecule has 0 saturated heterocycles. The second-order valence-electron chi connectivity index (χ2n) is 6.21. The van der Waals surface area contributed by atoms with Gasteiger partial charge in [-0.25, -0.2) is 4.98 Å². The van der Waals surface area contributed by atoms with E-state index >= 15 is 0 Å². The van der Waals surface area contributed by atoms with E-state index in [2.05, 4.69) is 22.0 Å². The molecule has 3 aromatic heterocycles. The van der Waals surface area contributed by atoms with Crippen LogP contribution in [0.2, 0.25) is 0 Å². The fourth-order valence-corrected chi connectivity index (χ4v) is 3.07. The van der Waals surface area contributed by atoms with Crippen LogP contribution in [0.1, 0.15) is 38.5 Å². The summed E-state index contributed by atoms with van der Waals surface area (Å²) in [7, 11) is 0. The SMILES string of the molecule is CC1CCC(O)(c2nc(-c3cnc4ccccn34)no2)CC1. The zero-order valence-electron chi connectivity index (χ0n) is 12.4. The minimum atomic E-state index is -0.988. The van der Waals surface area contributed by atoms with Crippen LogP contribution in [-0.4, -0.2) is 24.6 Å². The Morgan fingerprint density at radius 1 is 1.32 bits per heavy atom. The van der Waals surface area contributed by atoms with Gasteiger partial charge in [-0.05, 0) is 43.7 Å². The van der Waals surface area contributed by atoms with E-state index in [4.69, 9.17) is 4.52 Å². The monoisotopic (exact) mass is 298 g/mol. The number of pyridine rings is 1. The molecule has 0 radical (unpaired) electrons. The molecule has 4 rings (SSSR count). The molecule has 0 aromatic carbocycles. The molecule has 1 aliphatic rings. The molecule has 0 amide bonds. The minimum absolute atomic E-state index is 0.320. The van der Waals surface area contributed by atoms with Crippen molar-refractivity contribution in [3.05, 3.63) is 36.5 Å². The topological polar surface area (TPSA) is 76.5 Å². The normalized spacial score (nSPS) is 25.6. The number of fused-ring (bicyclic) bond motifs is 1. The first-order chi connectivity index (χ1) is 10.7. The molecule has 0 spiro atoms. The largest absolute Gasteiger partial charge is 0.380 e. The van der Waals surface area contributed by atoms with Crippen molar-refractivity contribution in [1.29, 1.82) is 0 Å². The van der Waals surface area contributed by atoms with E-state index in [0.717, 1.165) is 24.2 Å². The van der Waals surface area contributed by atoms with Gasteiger partial charge in [0.25, 0.3) is 5.89 Å². The van der Waals surface area contributed by atoms with Crippen molar-refractivity contribution in [2.75, 3.05) is 0 Å². The summed E-state index contributed by atoms with van der Waals surface area (Å²) < 4.78 is 7.27. The number of hydrogen-bond donors (Lipinski definition) is 1. The van der Waals surface area contributed by atoms with E-state index in [1.54, 1.807) is 6.20 Å². The number of rotatable bonds is 2. The molecular formula is C16H18N4O2. The van der Waals surface area contributed by atoms with Crippen LogP contribution in [0.5, 0.6) is 0 Å². The third-order valence-electron chi connectivity index (χ3n) is 4.57. The van der Waals surface area contributed by atoms with E-state index in [9.17, 15) is 5.11 Å². The van der Waals surface area contributed by atoms with Crippen molar-refractivity contribution < 1.29 is 9.63 Å². The first-order valence-electron chi connectivity index (χ1n) is 7.65. The van der Waals surface area contributed by atoms with Gasteiger partial charge in [0.2, 0.25) is 5.82 Å². The van der Waals surface area contributed by atoms with Crippen molar-refractivity contribution in [2.24, 2.45) is 5.92 Å². The highest BCUT2D eigenvalue weighted by molar-refractivity contribution is 5.56. The first-order valence-corrected chi connectivity index (χ1v) is 7.65. The lowest BCUT2D eigenvalue weighted by Gasteiger charge is -2.31. The van der Waals surface area contributed by atoms with Crippen molar-refractivity contribution in [3.63, 3.8) is 0 Å². The number of imidazole rings is 1. The second-order valence-corrected chi connectivity index (χ2v) is 6.21. The first kappa shape index (κ1) is 13.5. The molecule has 0 atom stereocenters. The summed E-state index contributed by atoms with van der Waals surface area (Å²) in [5.41, 5.74) is 0.602. The number of aromatic nitrogens is 4. The molecule has 22 heavy (non-hydrogen) atoms. The Kier molecular flexibility index (Phi) is 3.00. The fraction of sp³-hybridized carbons (Fsp3) is 0.438. The molecule has 0 aliphatic heterocycles. The lowest BCUT2D eigenvalue weighted by Crippen LogP contribution is -2.31. The summed E-state index contributed by atoms with van der Waals surface area (Å²) in [6.07, 6.45) is 6.92. The quantitative estimate of drug-likeness (QED) is 0.787. The molecule has 0 unspecified atom stereocenters. The molecular weight excluding hydrogens is 280 g/mol. The number of nitrogens with zero attached hydrogens (tertiary/aromatic N) is 4. The maximum absolute atomic E-state index is 10.8. The Hall–Kier alpha value is -2.21. The number of hydrogen-bond acceptors (Lipinski definition) is 5.